The zero-order chi connectivity index (χ0) is 14.7. The van der Waals surface area contributed by atoms with Crippen molar-refractivity contribution in [2.75, 3.05) is 0 Å². The van der Waals surface area contributed by atoms with Crippen molar-refractivity contribution in [1.82, 2.24) is 0 Å². The van der Waals surface area contributed by atoms with Crippen LogP contribution in [-0.4, -0.2) is 4.92 Å². The highest BCUT2D eigenvalue weighted by molar-refractivity contribution is 9.10. The number of benzene rings is 2. The van der Waals surface area contributed by atoms with Gasteiger partial charge in [-0.1, -0.05) is 34.1 Å². The molecule has 0 heterocycles. The number of ether oxygens (including phenoxy) is 1. The third kappa shape index (κ3) is 3.15. The van der Waals surface area contributed by atoms with Gasteiger partial charge in [0.2, 0.25) is 5.75 Å². The molecule has 0 saturated heterocycles. The number of rotatable bonds is 4. The third-order valence-corrected chi connectivity index (χ3v) is 3.44. The van der Waals surface area contributed by atoms with E-state index in [4.69, 9.17) is 10.5 Å². The fourth-order valence-electron chi connectivity index (χ4n) is 1.76. The second-order valence-electron chi connectivity index (χ2n) is 4.30. The number of para-hydroxylation sites is 2. The van der Waals surface area contributed by atoms with E-state index in [9.17, 15) is 10.1 Å². The van der Waals surface area contributed by atoms with Gasteiger partial charge in [-0.2, -0.15) is 0 Å². The minimum absolute atomic E-state index is 0.0695. The molecule has 0 aromatic heterocycles. The molecule has 0 unspecified atom stereocenters. The van der Waals surface area contributed by atoms with Crippen molar-refractivity contribution in [1.29, 1.82) is 0 Å². The summed E-state index contributed by atoms with van der Waals surface area (Å²) in [7, 11) is 0. The average molecular weight is 337 g/mol. The summed E-state index contributed by atoms with van der Waals surface area (Å²) in [6.45, 7) is 1.88. The minimum atomic E-state index is -0.472. The highest BCUT2D eigenvalue weighted by Crippen LogP contribution is 2.33. The van der Waals surface area contributed by atoms with Gasteiger partial charge in [-0.15, -0.1) is 0 Å². The molecular weight excluding hydrogens is 324 g/mol. The number of hydrogen-bond acceptors (Lipinski definition) is 4. The van der Waals surface area contributed by atoms with Crippen LogP contribution in [0.1, 0.15) is 18.5 Å². The van der Waals surface area contributed by atoms with Crippen molar-refractivity contribution in [3.05, 3.63) is 62.6 Å². The minimum Gasteiger partial charge on any atom is -0.450 e. The summed E-state index contributed by atoms with van der Waals surface area (Å²) in [6.07, 6.45) is 0. The molecule has 0 aliphatic heterocycles. The van der Waals surface area contributed by atoms with Crippen molar-refractivity contribution >= 4 is 21.6 Å². The second-order valence-corrected chi connectivity index (χ2v) is 5.15. The maximum absolute atomic E-state index is 10.9. The number of nitro groups is 1. The molecule has 0 radical (unpaired) electrons. The first kappa shape index (κ1) is 14.5. The Hall–Kier alpha value is -1.92. The van der Waals surface area contributed by atoms with Crippen molar-refractivity contribution in [2.24, 2.45) is 5.73 Å². The Morgan fingerprint density at radius 1 is 1.30 bits per heavy atom. The van der Waals surface area contributed by atoms with Crippen LogP contribution in [0.15, 0.2) is 46.9 Å². The van der Waals surface area contributed by atoms with Crippen LogP contribution in [0.4, 0.5) is 5.69 Å². The molecule has 6 heteroatoms. The molecule has 0 saturated carbocycles. The van der Waals surface area contributed by atoms with E-state index in [1.54, 1.807) is 30.3 Å². The van der Waals surface area contributed by atoms with E-state index >= 15 is 0 Å². The number of nitrogens with zero attached hydrogens (tertiary/aromatic N) is 1. The Bertz CT molecular complexity index is 644. The van der Waals surface area contributed by atoms with E-state index in [-0.39, 0.29) is 17.5 Å². The normalized spacial score (nSPS) is 11.9. The topological polar surface area (TPSA) is 78.4 Å². The Kier molecular flexibility index (Phi) is 4.36. The van der Waals surface area contributed by atoms with E-state index in [0.717, 1.165) is 10.0 Å². The first-order valence-corrected chi connectivity index (χ1v) is 6.74. The first-order valence-electron chi connectivity index (χ1n) is 5.95. The molecule has 0 amide bonds. The molecule has 0 spiro atoms. The van der Waals surface area contributed by atoms with Crippen molar-refractivity contribution in [2.45, 2.75) is 13.0 Å². The molecule has 2 rings (SSSR count). The monoisotopic (exact) mass is 336 g/mol. The van der Waals surface area contributed by atoms with Crippen LogP contribution < -0.4 is 10.5 Å². The maximum atomic E-state index is 10.9. The van der Waals surface area contributed by atoms with Gasteiger partial charge >= 0.3 is 5.69 Å². The Morgan fingerprint density at radius 3 is 2.60 bits per heavy atom. The van der Waals surface area contributed by atoms with Crippen molar-refractivity contribution < 1.29 is 9.66 Å². The fraction of sp³-hybridized carbons (Fsp3) is 0.143. The van der Waals surface area contributed by atoms with Crippen LogP contribution in [0, 0.1) is 10.1 Å². The van der Waals surface area contributed by atoms with Crippen LogP contribution >= 0.6 is 15.9 Å². The van der Waals surface area contributed by atoms with Gasteiger partial charge in [-0.25, -0.2) is 0 Å². The largest absolute Gasteiger partial charge is 0.450 e. The Labute approximate surface area is 124 Å². The lowest BCUT2D eigenvalue weighted by atomic mass is 10.1. The number of nitro benzene ring substituents is 1. The van der Waals surface area contributed by atoms with E-state index in [2.05, 4.69) is 15.9 Å². The second kappa shape index (κ2) is 6.02. The molecule has 2 N–H and O–H groups in total. The fourth-order valence-corrected chi connectivity index (χ4v) is 2.48. The maximum Gasteiger partial charge on any atom is 0.311 e. The van der Waals surface area contributed by atoms with Crippen LogP contribution in [0.3, 0.4) is 0 Å². The van der Waals surface area contributed by atoms with Crippen molar-refractivity contribution in [3.8, 4) is 11.5 Å². The molecule has 5 nitrogen and oxygen atoms in total. The van der Waals surface area contributed by atoms with E-state index in [0.29, 0.717) is 5.75 Å². The standard InChI is InChI=1S/C14H13BrN2O3/c1-9(16)11-7-6-10(8-12(11)15)20-14-5-3-2-4-13(14)17(18)19/h2-9H,16H2,1H3/t9-/m0/s1. The molecule has 0 fully saturated rings. The zero-order valence-corrected chi connectivity index (χ0v) is 12.3. The lowest BCUT2D eigenvalue weighted by Gasteiger charge is -2.11. The van der Waals surface area contributed by atoms with Crippen LogP contribution in [0.5, 0.6) is 11.5 Å². The first-order chi connectivity index (χ1) is 9.49. The summed E-state index contributed by atoms with van der Waals surface area (Å²) in [5.41, 5.74) is 6.70. The van der Waals surface area contributed by atoms with E-state index in [1.165, 1.54) is 6.07 Å². The average Bonchev–Trinajstić information content (AvgIpc) is 2.38. The summed E-state index contributed by atoms with van der Waals surface area (Å²) in [6, 6.07) is 11.5. The van der Waals surface area contributed by atoms with E-state index < -0.39 is 4.92 Å². The Morgan fingerprint density at radius 2 is 2.00 bits per heavy atom. The van der Waals surface area contributed by atoms with Crippen molar-refractivity contribution in [3.63, 3.8) is 0 Å². The molecule has 2 aromatic carbocycles. The molecule has 1 atom stereocenters. The van der Waals surface area contributed by atoms with Gasteiger partial charge in [0.1, 0.15) is 5.75 Å². The van der Waals surface area contributed by atoms with Crippen LogP contribution in [-0.2, 0) is 0 Å². The number of halogens is 1. The van der Waals surface area contributed by atoms with Crippen LogP contribution in [0.25, 0.3) is 0 Å². The van der Waals surface area contributed by atoms with E-state index in [1.807, 2.05) is 13.0 Å². The summed E-state index contributed by atoms with van der Waals surface area (Å²) >= 11 is 3.41. The summed E-state index contributed by atoms with van der Waals surface area (Å²) in [4.78, 5) is 10.5. The zero-order valence-electron chi connectivity index (χ0n) is 10.7. The molecule has 20 heavy (non-hydrogen) atoms. The molecule has 0 bridgehead atoms. The van der Waals surface area contributed by atoms with Gasteiger partial charge in [0.25, 0.3) is 0 Å². The predicted molar refractivity (Wildman–Crippen MR) is 79.9 cm³/mol. The number of nitrogens with two attached hydrogens (primary N) is 1. The van der Waals surface area contributed by atoms with Gasteiger partial charge in [0.05, 0.1) is 4.92 Å². The summed E-state index contributed by atoms with van der Waals surface area (Å²) < 4.78 is 6.38. The summed E-state index contributed by atoms with van der Waals surface area (Å²) in [5.74, 6) is 0.716. The highest BCUT2D eigenvalue weighted by Gasteiger charge is 2.15. The number of hydrogen-bond donors (Lipinski definition) is 1. The van der Waals surface area contributed by atoms with Crippen LogP contribution in [0.2, 0.25) is 0 Å². The lowest BCUT2D eigenvalue weighted by Crippen LogP contribution is -2.05. The summed E-state index contributed by atoms with van der Waals surface area (Å²) in [5, 5.41) is 10.9. The van der Waals surface area contributed by atoms with Gasteiger partial charge in [0, 0.05) is 16.6 Å². The quantitative estimate of drug-likeness (QED) is 0.671. The highest BCUT2D eigenvalue weighted by atomic mass is 79.9. The van der Waals surface area contributed by atoms with Gasteiger partial charge in [-0.3, -0.25) is 10.1 Å². The smallest absolute Gasteiger partial charge is 0.311 e. The van der Waals surface area contributed by atoms with Gasteiger partial charge < -0.3 is 10.5 Å². The SMILES string of the molecule is C[C@H](N)c1ccc(Oc2ccccc2[N+](=O)[O-])cc1Br. The predicted octanol–water partition coefficient (Wildman–Crippen LogP) is 4.17. The molecule has 0 aliphatic rings. The lowest BCUT2D eigenvalue weighted by molar-refractivity contribution is -0.385. The molecule has 2 aromatic rings. The molecule has 0 aliphatic carbocycles. The van der Waals surface area contributed by atoms with Gasteiger partial charge in [0.15, 0.2) is 0 Å². The Balaban J connectivity index is 2.31. The molecular formula is C14H13BrN2O3. The third-order valence-electron chi connectivity index (χ3n) is 2.75. The van der Waals surface area contributed by atoms with Gasteiger partial charge in [-0.05, 0) is 30.7 Å². The molecule has 104 valence electrons.